The number of nitrogens with one attached hydrogen (secondary N) is 1. The van der Waals surface area contributed by atoms with Gasteiger partial charge in [-0.25, -0.2) is 0 Å². The van der Waals surface area contributed by atoms with Gasteiger partial charge in [-0.1, -0.05) is 12.2 Å². The van der Waals surface area contributed by atoms with Crippen LogP contribution in [0.5, 0.6) is 0 Å². The van der Waals surface area contributed by atoms with Crippen LogP contribution in [-0.4, -0.2) is 4.98 Å². The van der Waals surface area contributed by atoms with Gasteiger partial charge in [0, 0.05) is 0 Å². The Morgan fingerprint density at radius 3 is 2.44 bits per heavy atom. The van der Waals surface area contributed by atoms with E-state index in [4.69, 9.17) is 17.5 Å². The van der Waals surface area contributed by atoms with E-state index in [0.29, 0.717) is 24.8 Å². The van der Waals surface area contributed by atoms with E-state index in [0.717, 1.165) is 0 Å². The first-order chi connectivity index (χ1) is 7.45. The molecule has 0 aliphatic heterocycles. The molecule has 0 saturated carbocycles. The molecule has 0 fully saturated rings. The highest BCUT2D eigenvalue weighted by molar-refractivity contribution is 7.71. The second-order valence-electron chi connectivity index (χ2n) is 3.62. The number of H-pyrrole nitrogens is 1. The molecule has 1 N–H and O–H groups in total. The first kappa shape index (κ1) is 11.1. The van der Waals surface area contributed by atoms with Gasteiger partial charge in [-0.2, -0.15) is 18.4 Å². The molecule has 1 aromatic rings. The molecule has 2 rings (SSSR count). The highest BCUT2D eigenvalue weighted by atomic mass is 32.1. The summed E-state index contributed by atoms with van der Waals surface area (Å²) in [6.07, 6.45) is -2.94. The van der Waals surface area contributed by atoms with Gasteiger partial charge in [-0.05, 0) is 30.4 Å². The molecule has 0 bridgehead atoms. The molecule has 1 aromatic heterocycles. The summed E-state index contributed by atoms with van der Waals surface area (Å²) in [6, 6.07) is 1.87. The zero-order valence-electron chi connectivity index (χ0n) is 8.11. The third-order valence-corrected chi connectivity index (χ3v) is 2.99. The first-order valence-corrected chi connectivity index (χ1v) is 5.11. The highest BCUT2D eigenvalue weighted by Crippen LogP contribution is 2.36. The molecule has 1 heterocycles. The Kier molecular flexibility index (Phi) is 2.50. The van der Waals surface area contributed by atoms with E-state index in [2.05, 4.69) is 4.98 Å². The topological polar surface area (TPSA) is 39.6 Å². The normalized spacial score (nSPS) is 14.6. The number of alkyl halides is 3. The fraction of sp³-hybridized carbons (Fsp3) is 0.400. The largest absolute Gasteiger partial charge is 0.431 e. The van der Waals surface area contributed by atoms with Crippen LogP contribution >= 0.6 is 12.2 Å². The molecule has 0 atom stereocenters. The monoisotopic (exact) mass is 244 g/mol. The maximum absolute atomic E-state index is 12.7. The number of aromatic amines is 1. The lowest BCUT2D eigenvalue weighted by molar-refractivity contribution is -0.141. The summed E-state index contributed by atoms with van der Waals surface area (Å²) < 4.78 is 38.0. The van der Waals surface area contributed by atoms with E-state index in [-0.39, 0.29) is 15.8 Å². The van der Waals surface area contributed by atoms with Crippen molar-refractivity contribution in [2.75, 3.05) is 0 Å². The van der Waals surface area contributed by atoms with Crippen LogP contribution in [0.25, 0.3) is 0 Å². The fourth-order valence-electron chi connectivity index (χ4n) is 2.04. The maximum atomic E-state index is 12.7. The molecule has 0 radical (unpaired) electrons. The fourth-order valence-corrected chi connectivity index (χ4v) is 2.32. The van der Waals surface area contributed by atoms with Gasteiger partial charge in [-0.15, -0.1) is 0 Å². The molecular weight excluding hydrogens is 237 g/mol. The molecule has 0 unspecified atom stereocenters. The van der Waals surface area contributed by atoms with Crippen LogP contribution in [0.2, 0.25) is 0 Å². The van der Waals surface area contributed by atoms with Gasteiger partial charge >= 0.3 is 6.18 Å². The van der Waals surface area contributed by atoms with Gasteiger partial charge in [0.2, 0.25) is 0 Å². The number of aromatic nitrogens is 1. The van der Waals surface area contributed by atoms with Crippen molar-refractivity contribution >= 4 is 12.2 Å². The molecule has 0 aromatic carbocycles. The van der Waals surface area contributed by atoms with Crippen LogP contribution in [0.1, 0.15) is 28.8 Å². The molecule has 0 spiro atoms. The van der Waals surface area contributed by atoms with Gasteiger partial charge in [-0.3, -0.25) is 0 Å². The molecule has 2 nitrogen and oxygen atoms in total. The number of hydrogen-bond acceptors (Lipinski definition) is 2. The molecule has 84 valence electrons. The van der Waals surface area contributed by atoms with Gasteiger partial charge in [0.05, 0.1) is 5.56 Å². The molecule has 0 saturated heterocycles. The zero-order chi connectivity index (χ0) is 11.9. The van der Waals surface area contributed by atoms with Gasteiger partial charge in [0.15, 0.2) is 0 Å². The van der Waals surface area contributed by atoms with Crippen LogP contribution < -0.4 is 0 Å². The van der Waals surface area contributed by atoms with Crippen molar-refractivity contribution in [3.63, 3.8) is 0 Å². The van der Waals surface area contributed by atoms with Crippen LogP contribution in [0.15, 0.2) is 0 Å². The Bertz CT molecular complexity index is 537. The number of nitrogens with zero attached hydrogens (tertiary/aromatic N) is 1. The number of halogens is 3. The molecule has 0 amide bonds. The number of pyridine rings is 1. The van der Waals surface area contributed by atoms with Crippen molar-refractivity contribution in [1.29, 1.82) is 5.26 Å². The summed E-state index contributed by atoms with van der Waals surface area (Å²) in [5, 5.41) is 8.86. The summed E-state index contributed by atoms with van der Waals surface area (Å²) in [5.74, 6) is 0. The van der Waals surface area contributed by atoms with Crippen LogP contribution in [-0.2, 0) is 19.0 Å². The maximum Gasteiger partial charge on any atom is 0.431 e. The van der Waals surface area contributed by atoms with Gasteiger partial charge in [0.25, 0.3) is 0 Å². The Morgan fingerprint density at radius 2 is 1.88 bits per heavy atom. The van der Waals surface area contributed by atoms with Crippen molar-refractivity contribution < 1.29 is 13.2 Å². The lowest BCUT2D eigenvalue weighted by Gasteiger charge is -2.12. The van der Waals surface area contributed by atoms with Crippen molar-refractivity contribution in [2.24, 2.45) is 0 Å². The minimum atomic E-state index is -4.43. The van der Waals surface area contributed by atoms with E-state index in [1.54, 1.807) is 0 Å². The van der Waals surface area contributed by atoms with E-state index in [9.17, 15) is 13.2 Å². The van der Waals surface area contributed by atoms with Gasteiger partial charge < -0.3 is 4.98 Å². The van der Waals surface area contributed by atoms with Crippen molar-refractivity contribution in [3.8, 4) is 6.07 Å². The van der Waals surface area contributed by atoms with E-state index >= 15 is 0 Å². The summed E-state index contributed by atoms with van der Waals surface area (Å²) in [5.41, 5.74) is 0.0794. The Balaban J connectivity index is 2.78. The minimum absolute atomic E-state index is 0.115. The SMILES string of the molecule is N#Cc1c2c(c(C(F)(F)F)[nH]c1=S)CCC2. The van der Waals surface area contributed by atoms with E-state index in [1.165, 1.54) is 0 Å². The molecule has 1 aliphatic carbocycles. The minimum Gasteiger partial charge on any atom is -0.341 e. The summed E-state index contributed by atoms with van der Waals surface area (Å²) in [7, 11) is 0. The average Bonchev–Trinajstić information content (AvgIpc) is 2.63. The quantitative estimate of drug-likeness (QED) is 0.712. The molecule has 16 heavy (non-hydrogen) atoms. The number of hydrogen-bond donors (Lipinski definition) is 1. The zero-order valence-corrected chi connectivity index (χ0v) is 8.93. The standard InChI is InChI=1S/C10H7F3N2S/c11-10(12,13)8-6-3-1-2-5(6)7(4-14)9(16)15-8/h1-3H2,(H,15,16). The predicted octanol–water partition coefficient (Wildman–Crippen LogP) is 3.12. The number of rotatable bonds is 0. The predicted molar refractivity (Wildman–Crippen MR) is 53.4 cm³/mol. The Labute approximate surface area is 94.7 Å². The smallest absolute Gasteiger partial charge is 0.341 e. The molecular formula is C10H7F3N2S. The Hall–Kier alpha value is -1.35. The Morgan fingerprint density at radius 1 is 1.25 bits per heavy atom. The van der Waals surface area contributed by atoms with Crippen molar-refractivity contribution in [2.45, 2.75) is 25.4 Å². The third-order valence-electron chi connectivity index (χ3n) is 2.68. The second-order valence-corrected chi connectivity index (χ2v) is 4.03. The van der Waals surface area contributed by atoms with Crippen LogP contribution in [0.3, 0.4) is 0 Å². The van der Waals surface area contributed by atoms with E-state index < -0.39 is 11.9 Å². The van der Waals surface area contributed by atoms with Crippen LogP contribution in [0, 0.1) is 16.0 Å². The van der Waals surface area contributed by atoms with Crippen molar-refractivity contribution in [3.05, 3.63) is 27.0 Å². The lowest BCUT2D eigenvalue weighted by atomic mass is 10.0. The summed E-state index contributed by atoms with van der Waals surface area (Å²) in [6.45, 7) is 0. The summed E-state index contributed by atoms with van der Waals surface area (Å²) >= 11 is 4.77. The summed E-state index contributed by atoms with van der Waals surface area (Å²) in [4.78, 5) is 2.13. The van der Waals surface area contributed by atoms with Gasteiger partial charge in [0.1, 0.15) is 16.4 Å². The second kappa shape index (κ2) is 3.59. The van der Waals surface area contributed by atoms with E-state index in [1.807, 2.05) is 6.07 Å². The number of nitriles is 1. The molecule has 6 heteroatoms. The van der Waals surface area contributed by atoms with Crippen LogP contribution in [0.4, 0.5) is 13.2 Å². The third kappa shape index (κ3) is 1.61. The average molecular weight is 244 g/mol. The highest BCUT2D eigenvalue weighted by Gasteiger charge is 2.37. The molecule has 1 aliphatic rings. The number of fused-ring (bicyclic) bond motifs is 1. The lowest BCUT2D eigenvalue weighted by Crippen LogP contribution is -2.13. The van der Waals surface area contributed by atoms with Crippen molar-refractivity contribution in [1.82, 2.24) is 4.98 Å². The first-order valence-electron chi connectivity index (χ1n) is 4.70.